The minimum absolute atomic E-state index is 0.121. The summed E-state index contributed by atoms with van der Waals surface area (Å²) < 4.78 is 0. The number of hydrogen-bond acceptors (Lipinski definition) is 3. The Morgan fingerprint density at radius 1 is 1.50 bits per heavy atom. The maximum Gasteiger partial charge on any atom is 0.303 e. The summed E-state index contributed by atoms with van der Waals surface area (Å²) in [5.74, 6) is 0.00321. The lowest BCUT2D eigenvalue weighted by atomic mass is 9.85. The third kappa shape index (κ3) is 2.67. The Morgan fingerprint density at radius 3 is 2.83 bits per heavy atom. The summed E-state index contributed by atoms with van der Waals surface area (Å²) in [6, 6.07) is 1.92. The van der Waals surface area contributed by atoms with Gasteiger partial charge in [-0.15, -0.1) is 0 Å². The molecule has 2 rings (SSSR count). The summed E-state index contributed by atoms with van der Waals surface area (Å²) in [7, 11) is 0. The second-order valence-electron chi connectivity index (χ2n) is 5.42. The van der Waals surface area contributed by atoms with Crippen molar-refractivity contribution in [2.24, 2.45) is 5.41 Å². The normalized spacial score (nSPS) is 11.9. The number of carbonyl (C=O) groups is 1. The minimum atomic E-state index is -0.787. The van der Waals surface area contributed by atoms with Crippen LogP contribution in [0.3, 0.4) is 0 Å². The molecule has 0 unspecified atom stereocenters. The molecule has 2 heterocycles. The van der Waals surface area contributed by atoms with E-state index in [1.165, 1.54) is 0 Å². The average molecular weight is 247 g/mol. The minimum Gasteiger partial charge on any atom is -0.481 e. The van der Waals surface area contributed by atoms with Gasteiger partial charge in [0.05, 0.1) is 11.9 Å². The van der Waals surface area contributed by atoms with Crippen molar-refractivity contribution in [2.45, 2.75) is 33.6 Å². The first-order valence-electron chi connectivity index (χ1n) is 5.89. The van der Waals surface area contributed by atoms with Gasteiger partial charge in [-0.25, -0.2) is 9.97 Å². The number of rotatable bonds is 4. The highest BCUT2D eigenvalue weighted by Crippen LogP contribution is 2.26. The number of aliphatic carboxylic acids is 1. The van der Waals surface area contributed by atoms with Gasteiger partial charge in [0.1, 0.15) is 5.82 Å². The van der Waals surface area contributed by atoms with E-state index in [2.05, 4.69) is 15.0 Å². The van der Waals surface area contributed by atoms with Gasteiger partial charge in [0.25, 0.3) is 0 Å². The zero-order chi connectivity index (χ0) is 13.3. The molecule has 0 spiro atoms. The number of aromatic amines is 1. The molecule has 5 heteroatoms. The lowest BCUT2D eigenvalue weighted by molar-refractivity contribution is -0.139. The number of hydrogen-bond donors (Lipinski definition) is 2. The molecule has 2 aromatic rings. The first kappa shape index (κ1) is 12.5. The van der Waals surface area contributed by atoms with Gasteiger partial charge in [0, 0.05) is 12.6 Å². The number of carboxylic acids is 1. The lowest BCUT2D eigenvalue weighted by Crippen LogP contribution is -2.20. The van der Waals surface area contributed by atoms with Gasteiger partial charge in [-0.1, -0.05) is 13.8 Å². The summed E-state index contributed by atoms with van der Waals surface area (Å²) in [6.45, 7) is 5.84. The molecule has 0 radical (unpaired) electrons. The molecule has 0 fully saturated rings. The van der Waals surface area contributed by atoms with E-state index in [1.807, 2.05) is 26.8 Å². The van der Waals surface area contributed by atoms with Crippen LogP contribution in [0.5, 0.6) is 0 Å². The molecule has 0 aliphatic heterocycles. The predicted molar refractivity (Wildman–Crippen MR) is 68.4 cm³/mol. The van der Waals surface area contributed by atoms with Crippen LogP contribution in [0.1, 0.15) is 31.7 Å². The van der Waals surface area contributed by atoms with Gasteiger partial charge >= 0.3 is 5.97 Å². The Bertz CT molecular complexity index is 587. The molecule has 0 atom stereocenters. The predicted octanol–water partition coefficient (Wildman–Crippen LogP) is 2.31. The monoisotopic (exact) mass is 247 g/mol. The average Bonchev–Trinajstić information content (AvgIpc) is 2.58. The number of fused-ring (bicyclic) bond motifs is 1. The smallest absolute Gasteiger partial charge is 0.303 e. The number of H-pyrrole nitrogens is 1. The molecular formula is C13H17N3O2. The third-order valence-electron chi connectivity index (χ3n) is 2.93. The Kier molecular flexibility index (Phi) is 3.07. The number of aromatic nitrogens is 3. The Morgan fingerprint density at radius 2 is 2.22 bits per heavy atom. The van der Waals surface area contributed by atoms with Crippen LogP contribution >= 0.6 is 0 Å². The number of aryl methyl sites for hydroxylation is 1. The molecular weight excluding hydrogens is 230 g/mol. The van der Waals surface area contributed by atoms with E-state index < -0.39 is 5.97 Å². The zero-order valence-corrected chi connectivity index (χ0v) is 10.8. The first-order chi connectivity index (χ1) is 8.37. The first-order valence-corrected chi connectivity index (χ1v) is 5.89. The van der Waals surface area contributed by atoms with E-state index in [9.17, 15) is 4.79 Å². The number of pyridine rings is 1. The largest absolute Gasteiger partial charge is 0.481 e. The summed E-state index contributed by atoms with van der Waals surface area (Å²) >= 11 is 0. The van der Waals surface area contributed by atoms with Crippen LogP contribution in [0.2, 0.25) is 0 Å². The molecule has 0 saturated carbocycles. The third-order valence-corrected chi connectivity index (χ3v) is 2.93. The molecule has 0 amide bonds. The SMILES string of the molecule is Cc1ccnc2nc(CC(C)(C)CC(=O)O)[nH]c12. The van der Waals surface area contributed by atoms with E-state index in [0.29, 0.717) is 12.1 Å². The Hall–Kier alpha value is -1.91. The summed E-state index contributed by atoms with van der Waals surface area (Å²) in [6.07, 6.45) is 2.44. The van der Waals surface area contributed by atoms with Crippen LogP contribution in [0, 0.1) is 12.3 Å². The maximum atomic E-state index is 10.8. The van der Waals surface area contributed by atoms with Crippen molar-refractivity contribution >= 4 is 17.1 Å². The zero-order valence-electron chi connectivity index (χ0n) is 10.8. The summed E-state index contributed by atoms with van der Waals surface area (Å²) in [5.41, 5.74) is 2.39. The van der Waals surface area contributed by atoms with Gasteiger partial charge < -0.3 is 10.1 Å². The van der Waals surface area contributed by atoms with Crippen LogP contribution in [0.25, 0.3) is 11.2 Å². The fourth-order valence-corrected chi connectivity index (χ4v) is 2.09. The van der Waals surface area contributed by atoms with Gasteiger partial charge in [-0.05, 0) is 24.0 Å². The number of nitrogens with one attached hydrogen (secondary N) is 1. The highest BCUT2D eigenvalue weighted by molar-refractivity contribution is 5.74. The van der Waals surface area contributed by atoms with Crippen LogP contribution in [0.4, 0.5) is 0 Å². The highest BCUT2D eigenvalue weighted by atomic mass is 16.4. The molecule has 2 N–H and O–H groups in total. The van der Waals surface area contributed by atoms with Crippen molar-refractivity contribution in [3.8, 4) is 0 Å². The number of nitrogens with zero attached hydrogens (tertiary/aromatic N) is 2. The van der Waals surface area contributed by atoms with Crippen LogP contribution in [-0.4, -0.2) is 26.0 Å². The number of imidazole rings is 1. The fraction of sp³-hybridized carbons (Fsp3) is 0.462. The molecule has 18 heavy (non-hydrogen) atoms. The van der Waals surface area contributed by atoms with Gasteiger partial charge in [-0.2, -0.15) is 0 Å². The van der Waals surface area contributed by atoms with Crippen LogP contribution in [0.15, 0.2) is 12.3 Å². The van der Waals surface area contributed by atoms with Crippen molar-refractivity contribution in [1.29, 1.82) is 0 Å². The Labute approximate surface area is 105 Å². The molecule has 2 aromatic heterocycles. The quantitative estimate of drug-likeness (QED) is 0.869. The van der Waals surface area contributed by atoms with Gasteiger partial charge in [-0.3, -0.25) is 4.79 Å². The summed E-state index contributed by atoms with van der Waals surface area (Å²) in [5, 5.41) is 8.87. The second-order valence-corrected chi connectivity index (χ2v) is 5.42. The molecule has 0 aliphatic rings. The molecule has 96 valence electrons. The molecule has 5 nitrogen and oxygen atoms in total. The molecule has 0 aromatic carbocycles. The topological polar surface area (TPSA) is 78.9 Å². The molecule has 0 saturated heterocycles. The van der Waals surface area contributed by atoms with E-state index in [4.69, 9.17) is 5.11 Å². The maximum absolute atomic E-state index is 10.8. The fourth-order valence-electron chi connectivity index (χ4n) is 2.09. The van der Waals surface area contributed by atoms with Crippen molar-refractivity contribution in [3.63, 3.8) is 0 Å². The highest BCUT2D eigenvalue weighted by Gasteiger charge is 2.24. The van der Waals surface area contributed by atoms with E-state index in [1.54, 1.807) is 6.20 Å². The summed E-state index contributed by atoms with van der Waals surface area (Å²) in [4.78, 5) is 22.6. The second kappa shape index (κ2) is 4.40. The molecule has 0 aliphatic carbocycles. The molecule has 0 bridgehead atoms. The van der Waals surface area contributed by atoms with E-state index in [-0.39, 0.29) is 11.8 Å². The van der Waals surface area contributed by atoms with Crippen molar-refractivity contribution in [2.75, 3.05) is 0 Å². The van der Waals surface area contributed by atoms with E-state index >= 15 is 0 Å². The standard InChI is InChI=1S/C13H17N3O2/c1-8-4-5-14-12-11(8)15-9(16-12)6-13(2,3)7-10(17)18/h4-5H,6-7H2,1-3H3,(H,17,18)(H,14,15,16). The van der Waals surface area contributed by atoms with Gasteiger partial charge in [0.2, 0.25) is 0 Å². The van der Waals surface area contributed by atoms with Crippen molar-refractivity contribution in [1.82, 2.24) is 15.0 Å². The van der Waals surface area contributed by atoms with Crippen molar-refractivity contribution in [3.05, 3.63) is 23.7 Å². The van der Waals surface area contributed by atoms with Crippen LogP contribution in [-0.2, 0) is 11.2 Å². The lowest BCUT2D eigenvalue weighted by Gasteiger charge is -2.20. The van der Waals surface area contributed by atoms with E-state index in [0.717, 1.165) is 16.9 Å². The van der Waals surface area contributed by atoms with Crippen molar-refractivity contribution < 1.29 is 9.90 Å². The van der Waals surface area contributed by atoms with Gasteiger partial charge in [0.15, 0.2) is 5.65 Å². The number of carboxylic acid groups (broad SMARTS) is 1. The Balaban J connectivity index is 2.27. The van der Waals surface area contributed by atoms with Crippen LogP contribution < -0.4 is 0 Å².